The molecule has 1 aromatic carbocycles. The molecule has 5 heteroatoms. The zero-order chi connectivity index (χ0) is 14.4. The molecule has 0 aliphatic heterocycles. The van der Waals surface area contributed by atoms with Crippen LogP contribution in [0, 0.1) is 0 Å². The highest BCUT2D eigenvalue weighted by atomic mass is 16.5. The van der Waals surface area contributed by atoms with Crippen LogP contribution in [0.3, 0.4) is 0 Å². The summed E-state index contributed by atoms with van der Waals surface area (Å²) in [5.41, 5.74) is 1.96. The maximum atomic E-state index is 5.39. The van der Waals surface area contributed by atoms with Crippen molar-refractivity contribution in [1.29, 1.82) is 0 Å². The fourth-order valence-electron chi connectivity index (χ4n) is 1.97. The fourth-order valence-corrected chi connectivity index (χ4v) is 1.97. The molecule has 106 valence electrons. The van der Waals surface area contributed by atoms with Gasteiger partial charge < -0.3 is 14.8 Å². The van der Waals surface area contributed by atoms with E-state index in [0.29, 0.717) is 6.54 Å². The van der Waals surface area contributed by atoms with Crippen molar-refractivity contribution in [3.63, 3.8) is 0 Å². The van der Waals surface area contributed by atoms with Gasteiger partial charge in [0.15, 0.2) is 0 Å². The van der Waals surface area contributed by atoms with Crippen molar-refractivity contribution < 1.29 is 9.47 Å². The van der Waals surface area contributed by atoms with Crippen LogP contribution in [0.2, 0.25) is 0 Å². The number of aromatic nitrogens is 2. The summed E-state index contributed by atoms with van der Waals surface area (Å²) in [5.74, 6) is 1.65. The number of methoxy groups -OCH3 is 2. The van der Waals surface area contributed by atoms with Crippen molar-refractivity contribution in [2.45, 2.75) is 19.5 Å². The summed E-state index contributed by atoms with van der Waals surface area (Å²) in [6, 6.07) is 9.71. The summed E-state index contributed by atoms with van der Waals surface area (Å²) in [4.78, 5) is 0. The standard InChI is InChI=1S/C15H19N3O2/c1-11(16-10-12-5-4-8-17-18-12)14-9-13(19-2)6-7-15(14)20-3/h4-9,11,16H,10H2,1-3H3. The Labute approximate surface area is 118 Å². The molecular weight excluding hydrogens is 254 g/mol. The minimum atomic E-state index is 0.113. The Morgan fingerprint density at radius 2 is 2.05 bits per heavy atom. The second-order valence-corrected chi connectivity index (χ2v) is 4.43. The van der Waals surface area contributed by atoms with Crippen LogP contribution in [-0.4, -0.2) is 24.4 Å². The summed E-state index contributed by atoms with van der Waals surface area (Å²) in [5, 5.41) is 11.3. The van der Waals surface area contributed by atoms with Gasteiger partial charge in [0.05, 0.1) is 19.9 Å². The maximum absolute atomic E-state index is 5.39. The molecule has 1 aromatic heterocycles. The minimum Gasteiger partial charge on any atom is -0.497 e. The molecule has 1 atom stereocenters. The lowest BCUT2D eigenvalue weighted by Gasteiger charge is -2.18. The third-order valence-corrected chi connectivity index (χ3v) is 3.12. The molecule has 0 saturated heterocycles. The Bertz CT molecular complexity index is 546. The van der Waals surface area contributed by atoms with E-state index in [1.54, 1.807) is 20.4 Å². The minimum absolute atomic E-state index is 0.113. The molecule has 0 radical (unpaired) electrons. The van der Waals surface area contributed by atoms with Crippen molar-refractivity contribution in [1.82, 2.24) is 15.5 Å². The average Bonchev–Trinajstić information content (AvgIpc) is 2.52. The van der Waals surface area contributed by atoms with Gasteiger partial charge in [-0.2, -0.15) is 10.2 Å². The zero-order valence-electron chi connectivity index (χ0n) is 12.0. The molecule has 2 rings (SSSR count). The first-order valence-electron chi connectivity index (χ1n) is 6.46. The lowest BCUT2D eigenvalue weighted by atomic mass is 10.1. The van der Waals surface area contributed by atoms with Gasteiger partial charge >= 0.3 is 0 Å². The van der Waals surface area contributed by atoms with Crippen molar-refractivity contribution in [2.75, 3.05) is 14.2 Å². The molecule has 0 aliphatic carbocycles. The number of hydrogen-bond acceptors (Lipinski definition) is 5. The summed E-state index contributed by atoms with van der Waals surface area (Å²) in [6.07, 6.45) is 1.66. The van der Waals surface area contributed by atoms with E-state index in [4.69, 9.17) is 9.47 Å². The Kier molecular flexibility index (Phi) is 4.90. The highest BCUT2D eigenvalue weighted by molar-refractivity contribution is 5.42. The van der Waals surface area contributed by atoms with E-state index >= 15 is 0 Å². The Morgan fingerprint density at radius 3 is 2.70 bits per heavy atom. The number of nitrogens with zero attached hydrogens (tertiary/aromatic N) is 2. The molecule has 0 spiro atoms. The van der Waals surface area contributed by atoms with Crippen LogP contribution >= 0.6 is 0 Å². The highest BCUT2D eigenvalue weighted by Crippen LogP contribution is 2.29. The van der Waals surface area contributed by atoms with Crippen LogP contribution in [0.25, 0.3) is 0 Å². The second kappa shape index (κ2) is 6.86. The van der Waals surface area contributed by atoms with Crippen molar-refractivity contribution in [2.24, 2.45) is 0 Å². The van der Waals surface area contributed by atoms with Gasteiger partial charge in [0.2, 0.25) is 0 Å². The predicted molar refractivity (Wildman–Crippen MR) is 76.8 cm³/mol. The normalized spacial score (nSPS) is 11.9. The van der Waals surface area contributed by atoms with Crippen LogP contribution in [0.1, 0.15) is 24.2 Å². The summed E-state index contributed by atoms with van der Waals surface area (Å²) in [6.45, 7) is 2.73. The lowest BCUT2D eigenvalue weighted by molar-refractivity contribution is 0.391. The molecule has 0 saturated carbocycles. The van der Waals surface area contributed by atoms with Crippen LogP contribution < -0.4 is 14.8 Å². The molecule has 1 N–H and O–H groups in total. The van der Waals surface area contributed by atoms with Crippen LogP contribution in [0.4, 0.5) is 0 Å². The van der Waals surface area contributed by atoms with E-state index in [9.17, 15) is 0 Å². The molecule has 0 bridgehead atoms. The first-order valence-corrected chi connectivity index (χ1v) is 6.46. The molecular formula is C15H19N3O2. The van der Waals surface area contributed by atoms with Gasteiger partial charge in [-0.3, -0.25) is 0 Å². The van der Waals surface area contributed by atoms with Gasteiger partial charge in [-0.1, -0.05) is 0 Å². The van der Waals surface area contributed by atoms with Gasteiger partial charge in [0, 0.05) is 24.3 Å². The molecule has 20 heavy (non-hydrogen) atoms. The first-order chi connectivity index (χ1) is 9.74. The third kappa shape index (κ3) is 3.45. The Balaban J connectivity index is 2.09. The topological polar surface area (TPSA) is 56.3 Å². The smallest absolute Gasteiger partial charge is 0.123 e. The number of hydrogen-bond donors (Lipinski definition) is 1. The molecule has 2 aromatic rings. The highest BCUT2D eigenvalue weighted by Gasteiger charge is 2.12. The SMILES string of the molecule is COc1ccc(OC)c(C(C)NCc2cccnn2)c1. The van der Waals surface area contributed by atoms with Gasteiger partial charge in [-0.25, -0.2) is 0 Å². The predicted octanol–water partition coefficient (Wildman–Crippen LogP) is 2.34. The molecule has 1 heterocycles. The summed E-state index contributed by atoms with van der Waals surface area (Å²) >= 11 is 0. The number of benzene rings is 1. The van der Waals surface area contributed by atoms with E-state index in [1.165, 1.54) is 0 Å². The van der Waals surface area contributed by atoms with Gasteiger partial charge in [0.1, 0.15) is 11.5 Å². The summed E-state index contributed by atoms with van der Waals surface area (Å²) in [7, 11) is 3.32. The van der Waals surface area contributed by atoms with Crippen molar-refractivity contribution >= 4 is 0 Å². The second-order valence-electron chi connectivity index (χ2n) is 4.43. The third-order valence-electron chi connectivity index (χ3n) is 3.12. The largest absolute Gasteiger partial charge is 0.497 e. The van der Waals surface area contributed by atoms with E-state index < -0.39 is 0 Å². The molecule has 0 amide bonds. The molecule has 5 nitrogen and oxygen atoms in total. The summed E-state index contributed by atoms with van der Waals surface area (Å²) < 4.78 is 10.7. The maximum Gasteiger partial charge on any atom is 0.123 e. The van der Waals surface area contributed by atoms with E-state index in [1.807, 2.05) is 30.3 Å². The van der Waals surface area contributed by atoms with Crippen molar-refractivity contribution in [3.05, 3.63) is 47.8 Å². The Morgan fingerprint density at radius 1 is 1.20 bits per heavy atom. The number of nitrogens with one attached hydrogen (secondary N) is 1. The van der Waals surface area contributed by atoms with E-state index in [0.717, 1.165) is 22.8 Å². The molecule has 0 aliphatic rings. The number of rotatable bonds is 6. The van der Waals surface area contributed by atoms with Gasteiger partial charge in [-0.15, -0.1) is 0 Å². The first kappa shape index (κ1) is 14.3. The van der Waals surface area contributed by atoms with Crippen molar-refractivity contribution in [3.8, 4) is 11.5 Å². The van der Waals surface area contributed by atoms with Crippen LogP contribution in [-0.2, 0) is 6.54 Å². The quantitative estimate of drug-likeness (QED) is 0.875. The van der Waals surface area contributed by atoms with Crippen LogP contribution in [0.15, 0.2) is 36.5 Å². The fraction of sp³-hybridized carbons (Fsp3) is 0.333. The molecule has 0 fully saturated rings. The Hall–Kier alpha value is -2.14. The van der Waals surface area contributed by atoms with Gasteiger partial charge in [-0.05, 0) is 37.3 Å². The molecule has 1 unspecified atom stereocenters. The van der Waals surface area contributed by atoms with Crippen LogP contribution in [0.5, 0.6) is 11.5 Å². The zero-order valence-corrected chi connectivity index (χ0v) is 12.0. The van der Waals surface area contributed by atoms with Gasteiger partial charge in [0.25, 0.3) is 0 Å². The average molecular weight is 273 g/mol. The number of ether oxygens (including phenoxy) is 2. The lowest BCUT2D eigenvalue weighted by Crippen LogP contribution is -2.19. The van der Waals surface area contributed by atoms with E-state index in [2.05, 4.69) is 22.4 Å². The van der Waals surface area contributed by atoms with E-state index in [-0.39, 0.29) is 6.04 Å². The monoisotopic (exact) mass is 273 g/mol.